The molecule has 170 valence electrons. The minimum absolute atomic E-state index is 0.0370. The van der Waals surface area contributed by atoms with Crippen LogP contribution in [-0.2, 0) is 24.4 Å². The van der Waals surface area contributed by atoms with Crippen molar-refractivity contribution in [2.75, 3.05) is 31.6 Å². The van der Waals surface area contributed by atoms with Gasteiger partial charge in [0, 0.05) is 50.9 Å². The molecular weight excluding hydrogens is 406 g/mol. The molecule has 1 unspecified atom stereocenters. The van der Waals surface area contributed by atoms with Gasteiger partial charge in [-0.1, -0.05) is 12.6 Å². The van der Waals surface area contributed by atoms with Crippen molar-refractivity contribution in [3.63, 3.8) is 0 Å². The summed E-state index contributed by atoms with van der Waals surface area (Å²) >= 11 is 0. The quantitative estimate of drug-likeness (QED) is 0.720. The van der Waals surface area contributed by atoms with Gasteiger partial charge in [0.05, 0.1) is 12.8 Å². The lowest BCUT2D eigenvalue weighted by molar-refractivity contribution is -0.126. The van der Waals surface area contributed by atoms with Crippen LogP contribution in [0.5, 0.6) is 11.8 Å². The molecule has 1 aromatic carbocycles. The van der Waals surface area contributed by atoms with Crippen LogP contribution in [0.2, 0.25) is 0 Å². The number of ether oxygens (including phenoxy) is 1. The van der Waals surface area contributed by atoms with Crippen LogP contribution in [0.1, 0.15) is 34.9 Å². The number of hydrogen-bond acceptors (Lipinski definition) is 7. The SMILES string of the molecule is C=CC(=O)N1CCN(c2nc(OC)nc3c2CN(Cc2c(C)ccc(O)c2C)C3)C(C)C1. The molecule has 32 heavy (non-hydrogen) atoms. The number of fused-ring (bicyclic) bond motifs is 1. The Morgan fingerprint density at radius 3 is 2.75 bits per heavy atom. The van der Waals surface area contributed by atoms with Crippen molar-refractivity contribution in [1.82, 2.24) is 19.8 Å². The number of anilines is 1. The highest BCUT2D eigenvalue weighted by Crippen LogP contribution is 2.35. The van der Waals surface area contributed by atoms with E-state index in [1.165, 1.54) is 6.08 Å². The number of phenols is 1. The zero-order valence-corrected chi connectivity index (χ0v) is 19.3. The highest BCUT2D eigenvalue weighted by Gasteiger charge is 2.33. The molecule has 4 rings (SSSR count). The Morgan fingerprint density at radius 1 is 1.28 bits per heavy atom. The zero-order chi connectivity index (χ0) is 23.0. The molecule has 3 heterocycles. The summed E-state index contributed by atoms with van der Waals surface area (Å²) in [5.74, 6) is 1.17. The molecule has 1 amide bonds. The smallest absolute Gasteiger partial charge is 0.318 e. The van der Waals surface area contributed by atoms with Gasteiger partial charge in [0.1, 0.15) is 11.6 Å². The number of aromatic hydroxyl groups is 1. The average Bonchev–Trinajstić information content (AvgIpc) is 3.20. The summed E-state index contributed by atoms with van der Waals surface area (Å²) < 4.78 is 5.41. The molecule has 2 aromatic rings. The Hall–Kier alpha value is -3.13. The predicted molar refractivity (Wildman–Crippen MR) is 123 cm³/mol. The molecule has 0 radical (unpaired) electrons. The Morgan fingerprint density at radius 2 is 2.06 bits per heavy atom. The van der Waals surface area contributed by atoms with E-state index in [1.54, 1.807) is 13.2 Å². The summed E-state index contributed by atoms with van der Waals surface area (Å²) in [6.45, 7) is 13.8. The standard InChI is InChI=1S/C24H31N5O3/c1-6-22(31)28-9-10-29(16(3)11-28)23-19-13-27(14-20(19)25-24(26-23)32-5)12-18-15(2)7-8-21(30)17(18)4/h6-8,16,30H,1,9-14H2,2-5H3. The molecule has 0 saturated carbocycles. The third-order valence-electron chi connectivity index (χ3n) is 6.56. The van der Waals surface area contributed by atoms with E-state index in [9.17, 15) is 9.90 Å². The Kier molecular flexibility index (Phi) is 6.06. The summed E-state index contributed by atoms with van der Waals surface area (Å²) in [5.41, 5.74) is 5.30. The van der Waals surface area contributed by atoms with Crippen LogP contribution in [0.25, 0.3) is 0 Å². The molecule has 1 aromatic heterocycles. The fraction of sp³-hybridized carbons (Fsp3) is 0.458. The molecule has 0 spiro atoms. The second-order valence-corrected chi connectivity index (χ2v) is 8.64. The molecule has 1 atom stereocenters. The summed E-state index contributed by atoms with van der Waals surface area (Å²) in [5, 5.41) is 10.2. The molecule has 0 bridgehead atoms. The first-order valence-electron chi connectivity index (χ1n) is 10.9. The van der Waals surface area contributed by atoms with Gasteiger partial charge in [0.15, 0.2) is 0 Å². The molecule has 1 fully saturated rings. The van der Waals surface area contributed by atoms with Gasteiger partial charge in [0.25, 0.3) is 0 Å². The minimum atomic E-state index is -0.0370. The lowest BCUT2D eigenvalue weighted by atomic mass is 10.0. The van der Waals surface area contributed by atoms with Gasteiger partial charge in [-0.05, 0) is 49.6 Å². The third kappa shape index (κ3) is 4.02. The monoisotopic (exact) mass is 437 g/mol. The molecule has 8 heteroatoms. The van der Waals surface area contributed by atoms with E-state index < -0.39 is 0 Å². The van der Waals surface area contributed by atoms with Crippen molar-refractivity contribution in [3.8, 4) is 11.8 Å². The number of methoxy groups -OCH3 is 1. The van der Waals surface area contributed by atoms with Crippen LogP contribution in [0.4, 0.5) is 5.82 Å². The van der Waals surface area contributed by atoms with Crippen LogP contribution < -0.4 is 9.64 Å². The summed E-state index contributed by atoms with van der Waals surface area (Å²) in [7, 11) is 1.59. The van der Waals surface area contributed by atoms with Gasteiger partial charge in [-0.3, -0.25) is 9.69 Å². The van der Waals surface area contributed by atoms with Crippen LogP contribution in [0.3, 0.4) is 0 Å². The molecule has 1 N–H and O–H groups in total. The topological polar surface area (TPSA) is 82.0 Å². The van der Waals surface area contributed by atoms with Gasteiger partial charge < -0.3 is 19.6 Å². The maximum atomic E-state index is 12.1. The predicted octanol–water partition coefficient (Wildman–Crippen LogP) is 2.55. The van der Waals surface area contributed by atoms with Crippen molar-refractivity contribution in [1.29, 1.82) is 0 Å². The molecular formula is C24H31N5O3. The molecule has 2 aliphatic heterocycles. The van der Waals surface area contributed by atoms with E-state index in [-0.39, 0.29) is 11.9 Å². The number of carbonyl (C=O) groups excluding carboxylic acids is 1. The van der Waals surface area contributed by atoms with Crippen LogP contribution in [0, 0.1) is 13.8 Å². The highest BCUT2D eigenvalue weighted by atomic mass is 16.5. The number of benzene rings is 1. The van der Waals surface area contributed by atoms with Gasteiger partial charge in [-0.25, -0.2) is 0 Å². The second kappa shape index (κ2) is 8.78. The number of hydrogen-bond donors (Lipinski definition) is 1. The number of amides is 1. The van der Waals surface area contributed by atoms with E-state index in [1.807, 2.05) is 17.9 Å². The van der Waals surface area contributed by atoms with Gasteiger partial charge in [-0.2, -0.15) is 9.97 Å². The van der Waals surface area contributed by atoms with Crippen molar-refractivity contribution in [2.24, 2.45) is 0 Å². The molecule has 1 saturated heterocycles. The lowest BCUT2D eigenvalue weighted by Gasteiger charge is -2.40. The fourth-order valence-corrected chi connectivity index (χ4v) is 4.67. The zero-order valence-electron chi connectivity index (χ0n) is 19.3. The Bertz CT molecular complexity index is 1050. The van der Waals surface area contributed by atoms with E-state index in [4.69, 9.17) is 9.72 Å². The van der Waals surface area contributed by atoms with Crippen molar-refractivity contribution in [3.05, 3.63) is 52.7 Å². The van der Waals surface area contributed by atoms with Crippen molar-refractivity contribution < 1.29 is 14.6 Å². The van der Waals surface area contributed by atoms with Crippen LogP contribution in [-0.4, -0.2) is 63.6 Å². The lowest BCUT2D eigenvalue weighted by Crippen LogP contribution is -2.54. The third-order valence-corrected chi connectivity index (χ3v) is 6.56. The Balaban J connectivity index is 1.60. The Labute approximate surface area is 189 Å². The first kappa shape index (κ1) is 22.1. The van der Waals surface area contributed by atoms with Crippen molar-refractivity contribution >= 4 is 11.7 Å². The van der Waals surface area contributed by atoms with Crippen LogP contribution >= 0.6 is 0 Å². The summed E-state index contributed by atoms with van der Waals surface area (Å²) in [4.78, 5) is 27.8. The van der Waals surface area contributed by atoms with Gasteiger partial charge in [0.2, 0.25) is 5.91 Å². The van der Waals surface area contributed by atoms with E-state index in [0.29, 0.717) is 37.9 Å². The summed E-state index contributed by atoms with van der Waals surface area (Å²) in [6, 6.07) is 4.18. The van der Waals surface area contributed by atoms with Gasteiger partial charge >= 0.3 is 6.01 Å². The number of phenolic OH excluding ortho intramolecular Hbond substituents is 1. The number of rotatable bonds is 5. The molecule has 8 nitrogen and oxygen atoms in total. The van der Waals surface area contributed by atoms with E-state index >= 15 is 0 Å². The highest BCUT2D eigenvalue weighted by molar-refractivity contribution is 5.87. The fourth-order valence-electron chi connectivity index (χ4n) is 4.67. The van der Waals surface area contributed by atoms with Crippen LogP contribution in [0.15, 0.2) is 24.8 Å². The first-order chi connectivity index (χ1) is 15.3. The van der Waals surface area contributed by atoms with E-state index in [0.717, 1.165) is 46.9 Å². The van der Waals surface area contributed by atoms with Gasteiger partial charge in [-0.15, -0.1) is 0 Å². The molecule has 0 aliphatic carbocycles. The largest absolute Gasteiger partial charge is 0.508 e. The normalized spacial score (nSPS) is 18.6. The number of aryl methyl sites for hydroxylation is 1. The number of carbonyl (C=O) groups is 1. The second-order valence-electron chi connectivity index (χ2n) is 8.64. The van der Waals surface area contributed by atoms with Crippen molar-refractivity contribution in [2.45, 2.75) is 46.4 Å². The summed E-state index contributed by atoms with van der Waals surface area (Å²) in [6.07, 6.45) is 1.37. The first-order valence-corrected chi connectivity index (χ1v) is 10.9. The number of aromatic nitrogens is 2. The maximum absolute atomic E-state index is 12.1. The number of nitrogens with zero attached hydrogens (tertiary/aromatic N) is 5. The molecule has 2 aliphatic rings. The van der Waals surface area contributed by atoms with E-state index in [2.05, 4.69) is 35.2 Å². The average molecular weight is 438 g/mol. The maximum Gasteiger partial charge on any atom is 0.318 e. The number of piperazine rings is 1. The minimum Gasteiger partial charge on any atom is -0.508 e.